The first kappa shape index (κ1) is 15.7. The van der Waals surface area contributed by atoms with Gasteiger partial charge in [0.25, 0.3) is 5.91 Å². The van der Waals surface area contributed by atoms with E-state index in [-0.39, 0.29) is 0 Å². The Hall–Kier alpha value is -1.67. The molecule has 0 atom stereocenters. The average molecular weight is 417 g/mol. The fraction of sp³-hybridized carbons (Fsp3) is 0.154. The Morgan fingerprint density at radius 1 is 1.19 bits per heavy atom. The second-order valence-corrected chi connectivity index (χ2v) is 5.39. The van der Waals surface area contributed by atoms with E-state index >= 15 is 0 Å². The monoisotopic (exact) mass is 415 g/mol. The van der Waals surface area contributed by atoms with Crippen molar-refractivity contribution in [3.05, 3.63) is 39.2 Å². The van der Waals surface area contributed by atoms with Crippen molar-refractivity contribution in [2.75, 3.05) is 19.5 Å². The van der Waals surface area contributed by atoms with Crippen LogP contribution in [0.1, 0.15) is 10.4 Å². The van der Waals surface area contributed by atoms with Crippen LogP contribution in [-0.4, -0.2) is 30.1 Å². The number of carbonyl (C=O) groups is 1. The van der Waals surface area contributed by atoms with Gasteiger partial charge in [0.1, 0.15) is 26.3 Å². The van der Waals surface area contributed by atoms with Crippen LogP contribution in [-0.2, 0) is 0 Å². The molecule has 21 heavy (non-hydrogen) atoms. The van der Waals surface area contributed by atoms with Gasteiger partial charge < -0.3 is 14.8 Å². The molecule has 0 bridgehead atoms. The number of rotatable bonds is 4. The highest BCUT2D eigenvalue weighted by Crippen LogP contribution is 2.29. The summed E-state index contributed by atoms with van der Waals surface area (Å²) in [5.74, 6) is 0.721. The molecule has 0 aliphatic rings. The zero-order valence-corrected chi connectivity index (χ0v) is 14.4. The first-order valence-corrected chi connectivity index (χ1v) is 7.35. The fourth-order valence-corrected chi connectivity index (χ4v) is 2.59. The van der Waals surface area contributed by atoms with E-state index < -0.39 is 5.91 Å². The molecule has 0 saturated heterocycles. The van der Waals surface area contributed by atoms with Gasteiger partial charge in [-0.15, -0.1) is 0 Å². The first-order valence-electron chi connectivity index (χ1n) is 5.77. The summed E-state index contributed by atoms with van der Waals surface area (Å²) < 4.78 is 11.4. The lowest BCUT2D eigenvalue weighted by Crippen LogP contribution is -2.16. The third-order valence-electron chi connectivity index (χ3n) is 2.59. The predicted molar refractivity (Wildman–Crippen MR) is 84.9 cm³/mol. The lowest BCUT2D eigenvalue weighted by Gasteiger charge is -2.13. The topological polar surface area (TPSA) is 73.3 Å². The summed E-state index contributed by atoms with van der Waals surface area (Å²) in [7, 11) is 2.97. The molecule has 1 aromatic carbocycles. The standard InChI is InChI=1S/C13H11Br2N3O3/c1-20-7-4-3-5-8(21-2)10(7)13(19)18-12-11(15)17-9(14)6-16-12/h3-6H,1-2H3,(H,16,18,19). The zero-order valence-electron chi connectivity index (χ0n) is 11.2. The maximum Gasteiger partial charge on any atom is 0.264 e. The van der Waals surface area contributed by atoms with Crippen molar-refractivity contribution in [1.82, 2.24) is 9.97 Å². The van der Waals surface area contributed by atoms with Crippen molar-refractivity contribution in [2.45, 2.75) is 0 Å². The molecule has 2 aromatic rings. The van der Waals surface area contributed by atoms with Gasteiger partial charge in [-0.3, -0.25) is 4.79 Å². The summed E-state index contributed by atoms with van der Waals surface area (Å²) in [4.78, 5) is 20.6. The number of halogens is 2. The highest BCUT2D eigenvalue weighted by Gasteiger charge is 2.19. The minimum Gasteiger partial charge on any atom is -0.496 e. The Labute approximate surface area is 138 Å². The van der Waals surface area contributed by atoms with E-state index in [1.807, 2.05) is 0 Å². The predicted octanol–water partition coefficient (Wildman–Crippen LogP) is 3.27. The molecule has 0 spiro atoms. The summed E-state index contributed by atoms with van der Waals surface area (Å²) >= 11 is 6.44. The quantitative estimate of drug-likeness (QED) is 0.827. The summed E-state index contributed by atoms with van der Waals surface area (Å²) in [5, 5.41) is 2.66. The van der Waals surface area contributed by atoms with E-state index in [4.69, 9.17) is 9.47 Å². The lowest BCUT2D eigenvalue weighted by atomic mass is 10.1. The molecule has 0 aliphatic carbocycles. The lowest BCUT2D eigenvalue weighted by molar-refractivity contribution is 0.102. The summed E-state index contributed by atoms with van der Waals surface area (Å²) in [6.45, 7) is 0. The van der Waals surface area contributed by atoms with Gasteiger partial charge in [0, 0.05) is 0 Å². The number of hydrogen-bond donors (Lipinski definition) is 1. The van der Waals surface area contributed by atoms with Crippen molar-refractivity contribution in [3.8, 4) is 11.5 Å². The molecule has 1 N–H and O–H groups in total. The molecule has 2 rings (SSSR count). The zero-order chi connectivity index (χ0) is 15.4. The van der Waals surface area contributed by atoms with Crippen LogP contribution in [0.3, 0.4) is 0 Å². The number of nitrogens with one attached hydrogen (secondary N) is 1. The maximum absolute atomic E-state index is 12.4. The highest BCUT2D eigenvalue weighted by molar-refractivity contribution is 9.11. The van der Waals surface area contributed by atoms with Crippen LogP contribution in [0.4, 0.5) is 5.82 Å². The van der Waals surface area contributed by atoms with Gasteiger partial charge in [0.15, 0.2) is 5.82 Å². The van der Waals surface area contributed by atoms with Gasteiger partial charge in [0.05, 0.1) is 20.4 Å². The van der Waals surface area contributed by atoms with E-state index in [9.17, 15) is 4.79 Å². The van der Waals surface area contributed by atoms with Gasteiger partial charge >= 0.3 is 0 Å². The Morgan fingerprint density at radius 3 is 2.33 bits per heavy atom. The molecule has 8 heteroatoms. The maximum atomic E-state index is 12.4. The molecule has 0 aliphatic heterocycles. The summed E-state index contributed by atoms with van der Waals surface area (Å²) in [6.07, 6.45) is 1.49. The molecule has 6 nitrogen and oxygen atoms in total. The van der Waals surface area contributed by atoms with Gasteiger partial charge in [-0.1, -0.05) is 6.07 Å². The van der Waals surface area contributed by atoms with Gasteiger partial charge in [-0.2, -0.15) is 0 Å². The smallest absolute Gasteiger partial charge is 0.264 e. The highest BCUT2D eigenvalue weighted by atomic mass is 79.9. The number of benzene rings is 1. The largest absolute Gasteiger partial charge is 0.496 e. The molecular formula is C13H11Br2N3O3. The minimum atomic E-state index is -0.401. The summed E-state index contributed by atoms with van der Waals surface area (Å²) in [6, 6.07) is 5.10. The van der Waals surface area contributed by atoms with Crippen molar-refractivity contribution in [2.24, 2.45) is 0 Å². The van der Waals surface area contributed by atoms with E-state index in [2.05, 4.69) is 47.1 Å². The number of nitrogens with zero attached hydrogens (tertiary/aromatic N) is 2. The third kappa shape index (κ3) is 3.51. The molecule has 1 amide bonds. The normalized spacial score (nSPS) is 10.1. The SMILES string of the molecule is COc1cccc(OC)c1C(=O)Nc1ncc(Br)nc1Br. The van der Waals surface area contributed by atoms with E-state index in [0.29, 0.717) is 32.1 Å². The van der Waals surface area contributed by atoms with Crippen LogP contribution >= 0.6 is 31.9 Å². The Bertz CT molecular complexity index is 657. The first-order chi connectivity index (χ1) is 10.1. The molecule has 1 heterocycles. The van der Waals surface area contributed by atoms with Crippen LogP contribution in [0.2, 0.25) is 0 Å². The van der Waals surface area contributed by atoms with Crippen molar-refractivity contribution in [3.63, 3.8) is 0 Å². The molecular weight excluding hydrogens is 406 g/mol. The third-order valence-corrected chi connectivity index (χ3v) is 3.52. The van der Waals surface area contributed by atoms with Crippen molar-refractivity contribution < 1.29 is 14.3 Å². The molecule has 0 saturated carbocycles. The average Bonchev–Trinajstić information content (AvgIpc) is 2.49. The van der Waals surface area contributed by atoms with Crippen LogP contribution in [0.5, 0.6) is 11.5 Å². The number of anilines is 1. The number of hydrogen-bond acceptors (Lipinski definition) is 5. The molecule has 0 unspecified atom stereocenters. The van der Waals surface area contributed by atoms with Crippen LogP contribution in [0.25, 0.3) is 0 Å². The van der Waals surface area contributed by atoms with Gasteiger partial charge in [-0.25, -0.2) is 9.97 Å². The number of amides is 1. The van der Waals surface area contributed by atoms with Crippen LogP contribution < -0.4 is 14.8 Å². The number of carbonyl (C=O) groups excluding carboxylic acids is 1. The van der Waals surface area contributed by atoms with Crippen LogP contribution in [0, 0.1) is 0 Å². The second kappa shape index (κ2) is 6.86. The number of ether oxygens (including phenoxy) is 2. The Morgan fingerprint density at radius 2 is 1.81 bits per heavy atom. The van der Waals surface area contributed by atoms with E-state index in [1.165, 1.54) is 20.4 Å². The Balaban J connectivity index is 2.36. The van der Waals surface area contributed by atoms with Crippen molar-refractivity contribution in [1.29, 1.82) is 0 Å². The molecule has 110 valence electrons. The van der Waals surface area contributed by atoms with Gasteiger partial charge in [0.2, 0.25) is 0 Å². The minimum absolute atomic E-state index is 0.291. The molecule has 0 radical (unpaired) electrons. The molecule has 1 aromatic heterocycles. The van der Waals surface area contributed by atoms with Crippen LogP contribution in [0.15, 0.2) is 33.6 Å². The van der Waals surface area contributed by atoms with E-state index in [0.717, 1.165) is 0 Å². The summed E-state index contributed by atoms with van der Waals surface area (Å²) in [5.41, 5.74) is 0.291. The molecule has 0 fully saturated rings. The van der Waals surface area contributed by atoms with Gasteiger partial charge in [-0.05, 0) is 44.0 Å². The number of methoxy groups -OCH3 is 2. The van der Waals surface area contributed by atoms with E-state index in [1.54, 1.807) is 18.2 Å². The second-order valence-electron chi connectivity index (χ2n) is 3.82. The Kier molecular flexibility index (Phi) is 5.13. The van der Waals surface area contributed by atoms with Crippen molar-refractivity contribution >= 4 is 43.6 Å². The fourth-order valence-electron chi connectivity index (χ4n) is 1.68. The number of aromatic nitrogens is 2.